The van der Waals surface area contributed by atoms with E-state index in [-0.39, 0.29) is 28.8 Å². The van der Waals surface area contributed by atoms with Crippen LogP contribution in [0, 0.1) is 0 Å². The predicted octanol–water partition coefficient (Wildman–Crippen LogP) is 5.33. The number of thiazole rings is 1. The zero-order valence-corrected chi connectivity index (χ0v) is 24.2. The van der Waals surface area contributed by atoms with Gasteiger partial charge in [-0.15, -0.1) is 11.3 Å². The molecule has 2 aliphatic carbocycles. The van der Waals surface area contributed by atoms with E-state index in [0.29, 0.717) is 22.8 Å². The lowest BCUT2D eigenvalue weighted by Crippen LogP contribution is -2.30. The minimum absolute atomic E-state index is 0.00487. The van der Waals surface area contributed by atoms with Crippen molar-refractivity contribution in [1.82, 2.24) is 14.8 Å². The van der Waals surface area contributed by atoms with E-state index in [2.05, 4.69) is 4.98 Å². The Kier molecular flexibility index (Phi) is 7.17. The Balaban J connectivity index is 1.53. The highest BCUT2D eigenvalue weighted by molar-refractivity contribution is 7.89. The molecule has 2 heterocycles. The first-order valence-electron chi connectivity index (χ1n) is 13.2. The molecule has 12 heteroatoms. The van der Waals surface area contributed by atoms with Crippen molar-refractivity contribution in [1.29, 1.82) is 0 Å². The second-order valence-electron chi connectivity index (χ2n) is 10.4. The minimum Gasteiger partial charge on any atom is -0.476 e. The molecule has 216 valence electrons. The van der Waals surface area contributed by atoms with Gasteiger partial charge in [-0.3, -0.25) is 0 Å². The summed E-state index contributed by atoms with van der Waals surface area (Å²) in [5, 5.41) is 21.7. The maximum atomic E-state index is 15.3. The summed E-state index contributed by atoms with van der Waals surface area (Å²) in [5.41, 5.74) is 3.09. The van der Waals surface area contributed by atoms with Gasteiger partial charge in [0.2, 0.25) is 15.2 Å². The third kappa shape index (κ3) is 5.22. The smallest absolute Gasteiger partial charge is 0.355 e. The number of allylic oxidation sites excluding steroid dienone is 2. The number of halogens is 1. The largest absolute Gasteiger partial charge is 0.476 e. The van der Waals surface area contributed by atoms with Gasteiger partial charge in [0.05, 0.1) is 10.6 Å². The third-order valence-corrected chi connectivity index (χ3v) is 9.37. The average Bonchev–Trinajstić information content (AvgIpc) is 3.56. The molecule has 1 unspecified atom stereocenters. The van der Waals surface area contributed by atoms with Crippen molar-refractivity contribution in [2.75, 3.05) is 7.11 Å². The Morgan fingerprint density at radius 3 is 2.50 bits per heavy atom. The van der Waals surface area contributed by atoms with Gasteiger partial charge in [-0.25, -0.2) is 32.4 Å². The number of rotatable bonds is 9. The molecule has 0 aliphatic heterocycles. The van der Waals surface area contributed by atoms with E-state index in [1.165, 1.54) is 34.9 Å². The van der Waals surface area contributed by atoms with Crippen molar-refractivity contribution in [3.05, 3.63) is 112 Å². The molecule has 9 nitrogen and oxygen atoms in total. The summed E-state index contributed by atoms with van der Waals surface area (Å²) in [4.78, 5) is 16.0. The van der Waals surface area contributed by atoms with E-state index in [1.807, 2.05) is 30.3 Å². The molecular weight excluding hydrogens is 579 g/mol. The van der Waals surface area contributed by atoms with Gasteiger partial charge in [0.25, 0.3) is 0 Å². The summed E-state index contributed by atoms with van der Waals surface area (Å²) in [7, 11) is -2.30. The highest BCUT2D eigenvalue weighted by atomic mass is 32.2. The van der Waals surface area contributed by atoms with Crippen molar-refractivity contribution in [2.24, 2.45) is 5.14 Å². The molecule has 1 fully saturated rings. The molecule has 0 bridgehead atoms. The molecule has 4 aromatic rings. The Morgan fingerprint density at radius 1 is 1.19 bits per heavy atom. The van der Waals surface area contributed by atoms with Crippen LogP contribution in [0.5, 0.6) is 0 Å². The van der Waals surface area contributed by atoms with E-state index in [0.717, 1.165) is 35.2 Å². The average molecular weight is 607 g/mol. The van der Waals surface area contributed by atoms with E-state index in [9.17, 15) is 18.3 Å². The number of hydrogen-bond donors (Lipinski definition) is 2. The van der Waals surface area contributed by atoms with E-state index < -0.39 is 21.6 Å². The number of carbonyl (C=O) groups is 1. The topological polar surface area (TPSA) is 137 Å². The fraction of sp³-hybridized carbons (Fsp3) is 0.233. The summed E-state index contributed by atoms with van der Waals surface area (Å²) in [6, 6.07) is 15.6. The van der Waals surface area contributed by atoms with Crippen LogP contribution in [0.3, 0.4) is 0 Å². The summed E-state index contributed by atoms with van der Waals surface area (Å²) in [6.45, 7) is 0. The lowest BCUT2D eigenvalue weighted by atomic mass is 9.81. The number of hydrogen-bond acceptors (Lipinski definition) is 7. The quantitative estimate of drug-likeness (QED) is 0.263. The van der Waals surface area contributed by atoms with Crippen LogP contribution in [-0.2, 0) is 26.8 Å². The van der Waals surface area contributed by atoms with Gasteiger partial charge >= 0.3 is 5.97 Å². The summed E-state index contributed by atoms with van der Waals surface area (Å²) in [5.74, 6) is -1.34. The fourth-order valence-electron chi connectivity index (χ4n) is 5.35. The Morgan fingerprint density at radius 2 is 1.90 bits per heavy atom. The molecule has 6 rings (SSSR count). The first-order chi connectivity index (χ1) is 20.1. The van der Waals surface area contributed by atoms with Crippen molar-refractivity contribution < 1.29 is 27.4 Å². The molecule has 2 aromatic heterocycles. The van der Waals surface area contributed by atoms with Gasteiger partial charge in [0, 0.05) is 36.8 Å². The number of nitrogens with two attached hydrogens (primary N) is 1. The summed E-state index contributed by atoms with van der Waals surface area (Å²) >= 11 is 1.17. The van der Waals surface area contributed by atoms with Crippen molar-refractivity contribution in [2.45, 2.75) is 42.1 Å². The van der Waals surface area contributed by atoms with E-state index >= 15 is 4.39 Å². The number of carboxylic acid groups (broad SMARTS) is 1. The Hall–Kier alpha value is -3.97. The number of sulfonamides is 1. The lowest BCUT2D eigenvalue weighted by Gasteiger charge is -2.32. The number of carboxylic acids is 1. The van der Waals surface area contributed by atoms with Crippen LogP contribution in [0.15, 0.2) is 82.9 Å². The molecule has 0 spiro atoms. The highest BCUT2D eigenvalue weighted by Crippen LogP contribution is 2.49. The zero-order chi connectivity index (χ0) is 29.6. The number of aromatic nitrogens is 3. The third-order valence-electron chi connectivity index (χ3n) is 7.63. The standard InChI is InChI=1S/C30H27FN4O5S2/c1-40-30(14-13-24(31)23(16-30)19-5-3-2-4-6-19)27-22(15-18-7-11-21(12-8-18)42(32,38)39)26(20-9-10-20)35(34-27)29-33-25(17-41-29)28(36)37/h2-8,11-14,17,20H,9-10,15-16H2,1H3,(H,36,37)(H2,32,38,39). The molecular formula is C30H27FN4O5S2. The van der Waals surface area contributed by atoms with Crippen molar-refractivity contribution in [3.63, 3.8) is 0 Å². The van der Waals surface area contributed by atoms with E-state index in [4.69, 9.17) is 15.0 Å². The molecule has 3 N–H and O–H groups in total. The SMILES string of the molecule is COC1(c2nn(-c3nc(C(=O)O)cs3)c(C3CC3)c2Cc2ccc(S(N)(=O)=O)cc2)C=CC(F)=C(c2ccccc2)C1. The molecule has 1 saturated carbocycles. The van der Waals surface area contributed by atoms with Gasteiger partial charge in [-0.05, 0) is 53.8 Å². The first kappa shape index (κ1) is 28.2. The number of benzene rings is 2. The van der Waals surface area contributed by atoms with E-state index in [1.54, 1.807) is 30.0 Å². The number of primary sulfonamides is 1. The summed E-state index contributed by atoms with van der Waals surface area (Å²) in [6.07, 6.45) is 5.46. The van der Waals surface area contributed by atoms with Crippen LogP contribution in [0.2, 0.25) is 0 Å². The Labute approximate surface area is 245 Å². The van der Waals surface area contributed by atoms with Gasteiger partial charge in [-0.2, -0.15) is 5.10 Å². The predicted molar refractivity (Wildman–Crippen MR) is 156 cm³/mol. The normalized spacial score (nSPS) is 18.9. The highest BCUT2D eigenvalue weighted by Gasteiger charge is 2.43. The van der Waals surface area contributed by atoms with Gasteiger partial charge < -0.3 is 9.84 Å². The maximum absolute atomic E-state index is 15.3. The second-order valence-corrected chi connectivity index (χ2v) is 12.8. The molecule has 2 aliphatic rings. The number of methoxy groups -OCH3 is 1. The molecule has 1 atom stereocenters. The number of aromatic carboxylic acids is 1. The van der Waals surface area contributed by atoms with Crippen LogP contribution in [0.4, 0.5) is 4.39 Å². The Bertz CT molecular complexity index is 1840. The van der Waals surface area contributed by atoms with Crippen LogP contribution in [0.1, 0.15) is 63.7 Å². The summed E-state index contributed by atoms with van der Waals surface area (Å²) < 4.78 is 46.8. The molecule has 0 radical (unpaired) electrons. The second kappa shape index (κ2) is 10.7. The minimum atomic E-state index is -3.86. The first-order valence-corrected chi connectivity index (χ1v) is 15.6. The lowest BCUT2D eigenvalue weighted by molar-refractivity contribution is 0.0274. The molecule has 42 heavy (non-hydrogen) atoms. The number of nitrogens with zero attached hydrogens (tertiary/aromatic N) is 3. The van der Waals surface area contributed by atoms with Gasteiger partial charge in [0.1, 0.15) is 17.1 Å². The molecule has 0 amide bonds. The van der Waals surface area contributed by atoms with Gasteiger partial charge in [-0.1, -0.05) is 42.5 Å². The monoisotopic (exact) mass is 606 g/mol. The fourth-order valence-corrected chi connectivity index (χ4v) is 6.63. The van der Waals surface area contributed by atoms with Crippen LogP contribution in [0.25, 0.3) is 10.7 Å². The van der Waals surface area contributed by atoms with Gasteiger partial charge in [0.15, 0.2) is 5.69 Å². The number of ether oxygens (including phenoxy) is 1. The van der Waals surface area contributed by atoms with Crippen LogP contribution in [-0.4, -0.2) is 41.4 Å². The van der Waals surface area contributed by atoms with Crippen molar-refractivity contribution in [3.8, 4) is 5.13 Å². The molecule has 2 aromatic carbocycles. The van der Waals surface area contributed by atoms with Crippen LogP contribution >= 0.6 is 11.3 Å². The van der Waals surface area contributed by atoms with Crippen LogP contribution < -0.4 is 5.14 Å². The molecule has 0 saturated heterocycles. The zero-order valence-electron chi connectivity index (χ0n) is 22.5. The van der Waals surface area contributed by atoms with Crippen molar-refractivity contribution >= 4 is 32.9 Å². The maximum Gasteiger partial charge on any atom is 0.355 e.